The molecule has 0 N–H and O–H groups in total. The molecule has 2 aliphatic rings. The van der Waals surface area contributed by atoms with Crippen molar-refractivity contribution in [1.29, 1.82) is 0 Å². The van der Waals surface area contributed by atoms with E-state index in [4.69, 9.17) is 9.47 Å². The lowest BCUT2D eigenvalue weighted by Gasteiger charge is -2.42. The molecule has 1 saturated carbocycles. The maximum atomic E-state index is 12.6. The molecule has 1 saturated heterocycles. The second kappa shape index (κ2) is 8.37. The summed E-state index contributed by atoms with van der Waals surface area (Å²) in [6.45, 7) is 7.21. The molecule has 1 aliphatic carbocycles. The number of hydrogen-bond acceptors (Lipinski definition) is 8. The van der Waals surface area contributed by atoms with Crippen LogP contribution < -0.4 is 4.90 Å². The molecule has 0 radical (unpaired) electrons. The Morgan fingerprint density at radius 2 is 2.11 bits per heavy atom. The topological polar surface area (TPSA) is 78.0 Å². The molecule has 156 valence electrons. The van der Waals surface area contributed by atoms with Crippen molar-refractivity contribution in [2.75, 3.05) is 25.1 Å². The lowest BCUT2D eigenvalue weighted by Crippen LogP contribution is -2.53. The van der Waals surface area contributed by atoms with E-state index in [9.17, 15) is 9.59 Å². The van der Waals surface area contributed by atoms with Crippen LogP contribution in [0.2, 0.25) is 0 Å². The van der Waals surface area contributed by atoms with Gasteiger partial charge in [-0.15, -0.1) is 11.3 Å². The Hall–Kier alpha value is -1.67. The number of ether oxygens (including phenoxy) is 3. The molecule has 28 heavy (non-hydrogen) atoms. The molecule has 0 unspecified atom stereocenters. The fourth-order valence-corrected chi connectivity index (χ4v) is 4.39. The summed E-state index contributed by atoms with van der Waals surface area (Å²) in [6, 6.07) is 0. The summed E-state index contributed by atoms with van der Waals surface area (Å²) >= 11 is 1.60. The summed E-state index contributed by atoms with van der Waals surface area (Å²) in [7, 11) is 1.40. The first-order chi connectivity index (χ1) is 13.2. The quantitative estimate of drug-likeness (QED) is 0.639. The van der Waals surface area contributed by atoms with Gasteiger partial charge in [-0.1, -0.05) is 0 Å². The van der Waals surface area contributed by atoms with Gasteiger partial charge in [0.1, 0.15) is 5.60 Å². The predicted molar refractivity (Wildman–Crippen MR) is 107 cm³/mol. The minimum Gasteiger partial charge on any atom is -0.469 e. The van der Waals surface area contributed by atoms with Crippen molar-refractivity contribution in [2.45, 2.75) is 76.6 Å². The average Bonchev–Trinajstić information content (AvgIpc) is 3.23. The zero-order valence-corrected chi connectivity index (χ0v) is 18.0. The number of esters is 2. The van der Waals surface area contributed by atoms with Gasteiger partial charge in [0.05, 0.1) is 19.6 Å². The van der Waals surface area contributed by atoms with Gasteiger partial charge in [0.15, 0.2) is 10.7 Å². The molecule has 1 aromatic rings. The number of carbonyl (C=O) groups is 2. The Bertz CT molecular complexity index is 708. The first kappa shape index (κ1) is 21.0. The highest BCUT2D eigenvalue weighted by atomic mass is 32.1. The molecule has 7 nitrogen and oxygen atoms in total. The lowest BCUT2D eigenvalue weighted by atomic mass is 9.79. The average molecular weight is 411 g/mol. The Morgan fingerprint density at radius 1 is 1.36 bits per heavy atom. The maximum Gasteiger partial charge on any atom is 0.338 e. The first-order valence-electron chi connectivity index (χ1n) is 9.88. The molecule has 8 heteroatoms. The molecule has 1 aromatic heterocycles. The highest BCUT2D eigenvalue weighted by molar-refractivity contribution is 7.15. The van der Waals surface area contributed by atoms with Crippen molar-refractivity contribution < 1.29 is 23.8 Å². The van der Waals surface area contributed by atoms with Crippen molar-refractivity contribution in [1.82, 2.24) is 4.98 Å². The van der Waals surface area contributed by atoms with Crippen molar-refractivity contribution in [3.63, 3.8) is 0 Å². The second-order valence-corrected chi connectivity index (χ2v) is 9.60. The summed E-state index contributed by atoms with van der Waals surface area (Å²) in [5.74, 6) is -0.443. The Labute approximate surface area is 170 Å². The number of aromatic nitrogens is 1. The number of rotatable bonds is 7. The van der Waals surface area contributed by atoms with Gasteiger partial charge in [-0.2, -0.15) is 0 Å². The van der Waals surface area contributed by atoms with E-state index in [1.165, 1.54) is 7.11 Å². The third-order valence-electron chi connectivity index (χ3n) is 5.08. The van der Waals surface area contributed by atoms with Crippen LogP contribution in [-0.4, -0.2) is 54.4 Å². The van der Waals surface area contributed by atoms with Crippen LogP contribution in [0.25, 0.3) is 0 Å². The number of nitrogens with zero attached hydrogens (tertiary/aromatic N) is 2. The molecule has 0 amide bonds. The highest BCUT2D eigenvalue weighted by Crippen LogP contribution is 2.40. The Balaban J connectivity index is 1.54. The maximum absolute atomic E-state index is 12.6. The third-order valence-corrected chi connectivity index (χ3v) is 6.20. The fourth-order valence-electron chi connectivity index (χ4n) is 3.44. The van der Waals surface area contributed by atoms with Crippen LogP contribution in [0.15, 0.2) is 6.20 Å². The van der Waals surface area contributed by atoms with E-state index in [0.29, 0.717) is 19.4 Å². The van der Waals surface area contributed by atoms with Gasteiger partial charge in [-0.05, 0) is 52.9 Å². The molecule has 1 atom stereocenters. The van der Waals surface area contributed by atoms with E-state index in [-0.39, 0.29) is 18.0 Å². The molecular weight excluding hydrogens is 380 g/mol. The van der Waals surface area contributed by atoms with E-state index in [0.717, 1.165) is 42.2 Å². The Kier molecular flexibility index (Phi) is 6.29. The zero-order valence-electron chi connectivity index (χ0n) is 17.2. The van der Waals surface area contributed by atoms with Crippen molar-refractivity contribution >= 4 is 28.4 Å². The number of aryl methyl sites for hydroxylation is 1. The van der Waals surface area contributed by atoms with Crippen LogP contribution in [0, 0.1) is 0 Å². The smallest absolute Gasteiger partial charge is 0.338 e. The van der Waals surface area contributed by atoms with Crippen LogP contribution in [0.5, 0.6) is 0 Å². The van der Waals surface area contributed by atoms with E-state index in [2.05, 4.69) is 14.6 Å². The van der Waals surface area contributed by atoms with Crippen LogP contribution in [0.1, 0.15) is 57.8 Å². The highest BCUT2D eigenvalue weighted by Gasteiger charge is 2.50. The third kappa shape index (κ3) is 5.03. The van der Waals surface area contributed by atoms with Crippen LogP contribution in [0.4, 0.5) is 5.13 Å². The lowest BCUT2D eigenvalue weighted by molar-refractivity contribution is -0.203. The van der Waals surface area contributed by atoms with E-state index in [1.54, 1.807) is 11.3 Å². The molecule has 3 rings (SSSR count). The van der Waals surface area contributed by atoms with E-state index >= 15 is 0 Å². The molecule has 0 bridgehead atoms. The van der Waals surface area contributed by atoms with Gasteiger partial charge >= 0.3 is 11.9 Å². The molecular formula is C20H30N2O5S. The van der Waals surface area contributed by atoms with Gasteiger partial charge in [0.25, 0.3) is 0 Å². The van der Waals surface area contributed by atoms with Crippen molar-refractivity contribution in [2.24, 2.45) is 0 Å². The molecule has 0 aromatic carbocycles. The summed E-state index contributed by atoms with van der Waals surface area (Å²) in [5.41, 5.74) is -1.28. The van der Waals surface area contributed by atoms with E-state index in [1.807, 2.05) is 27.0 Å². The largest absolute Gasteiger partial charge is 0.469 e. The number of hydrogen-bond donors (Lipinski definition) is 0. The number of carbonyl (C=O) groups excluding carboxylic acids is 2. The fraction of sp³-hybridized carbons (Fsp3) is 0.750. The normalized spacial score (nSPS) is 21.3. The Morgan fingerprint density at radius 3 is 2.71 bits per heavy atom. The van der Waals surface area contributed by atoms with E-state index < -0.39 is 11.2 Å². The van der Waals surface area contributed by atoms with Gasteiger partial charge in [-0.25, -0.2) is 9.78 Å². The van der Waals surface area contributed by atoms with Crippen LogP contribution >= 0.6 is 11.3 Å². The summed E-state index contributed by atoms with van der Waals surface area (Å²) < 4.78 is 16.6. The van der Waals surface area contributed by atoms with Gasteiger partial charge < -0.3 is 19.1 Å². The van der Waals surface area contributed by atoms with Gasteiger partial charge in [0.2, 0.25) is 0 Å². The zero-order chi connectivity index (χ0) is 20.4. The standard InChI is InChI=1S/C20H30N2O5S/c1-19(2,3)27-17(24)20(9-5-10-20)26-14-8-11-22(13-14)18-21-12-15(28-18)6-7-16(23)25-4/h12,14H,5-11,13H2,1-4H3/t14-/m0/s1. The van der Waals surface area contributed by atoms with Crippen LogP contribution in [0.3, 0.4) is 0 Å². The van der Waals surface area contributed by atoms with Gasteiger partial charge in [0, 0.05) is 24.2 Å². The molecule has 0 spiro atoms. The molecule has 2 fully saturated rings. The second-order valence-electron chi connectivity index (χ2n) is 8.51. The summed E-state index contributed by atoms with van der Waals surface area (Å²) in [4.78, 5) is 31.7. The first-order valence-corrected chi connectivity index (χ1v) is 10.7. The summed E-state index contributed by atoms with van der Waals surface area (Å²) in [5, 5.41) is 0.936. The minimum atomic E-state index is -0.775. The SMILES string of the molecule is COC(=O)CCc1cnc(N2CC[C@H](OC3(C(=O)OC(C)(C)C)CCC3)C2)s1. The van der Waals surface area contributed by atoms with Crippen molar-refractivity contribution in [3.05, 3.63) is 11.1 Å². The van der Waals surface area contributed by atoms with Crippen molar-refractivity contribution in [3.8, 4) is 0 Å². The molecule has 1 aliphatic heterocycles. The molecule has 2 heterocycles. The van der Waals surface area contributed by atoms with Crippen LogP contribution in [-0.2, 0) is 30.2 Å². The minimum absolute atomic E-state index is 0.00441. The predicted octanol–water partition coefficient (Wildman–Crippen LogP) is 3.11. The monoisotopic (exact) mass is 410 g/mol. The van der Waals surface area contributed by atoms with Gasteiger partial charge in [-0.3, -0.25) is 4.79 Å². The number of methoxy groups -OCH3 is 1. The number of anilines is 1. The summed E-state index contributed by atoms with van der Waals surface area (Å²) in [6.07, 6.45) is 6.14. The number of thiazole rings is 1.